The molecule has 0 aliphatic carbocycles. The molecule has 2 amide bonds. The fourth-order valence-corrected chi connectivity index (χ4v) is 3.24. The molecule has 0 radical (unpaired) electrons. The maximum atomic E-state index is 12.5. The van der Waals surface area contributed by atoms with Gasteiger partial charge in [-0.25, -0.2) is 0 Å². The second-order valence-corrected chi connectivity index (χ2v) is 6.55. The maximum absolute atomic E-state index is 12.5. The molecule has 1 aliphatic rings. The Kier molecular flexibility index (Phi) is 5.09. The molecule has 1 aliphatic heterocycles. The normalized spacial score (nSPS) is 15.8. The van der Waals surface area contributed by atoms with Crippen molar-refractivity contribution in [1.29, 1.82) is 0 Å². The van der Waals surface area contributed by atoms with Crippen LogP contribution in [0.1, 0.15) is 11.1 Å². The van der Waals surface area contributed by atoms with Crippen LogP contribution in [0.25, 0.3) is 6.08 Å². The number of amides is 2. The second kappa shape index (κ2) is 7.44. The van der Waals surface area contributed by atoms with Crippen molar-refractivity contribution < 1.29 is 14.3 Å². The van der Waals surface area contributed by atoms with E-state index in [1.54, 1.807) is 13.2 Å². The van der Waals surface area contributed by atoms with E-state index in [4.69, 9.17) is 4.74 Å². The van der Waals surface area contributed by atoms with Gasteiger partial charge in [0.05, 0.1) is 24.4 Å². The Bertz CT molecular complexity index is 831. The molecule has 3 rings (SSSR count). The number of imide groups is 1. The minimum Gasteiger partial charge on any atom is -0.495 e. The van der Waals surface area contributed by atoms with Crippen molar-refractivity contribution >= 4 is 34.7 Å². The molecule has 1 N–H and O–H groups in total. The molecule has 0 bridgehead atoms. The van der Waals surface area contributed by atoms with E-state index in [1.807, 2.05) is 55.5 Å². The summed E-state index contributed by atoms with van der Waals surface area (Å²) in [5.41, 5.74) is 2.77. The highest BCUT2D eigenvalue weighted by Crippen LogP contribution is 2.32. The third-order valence-electron chi connectivity index (χ3n) is 3.78. The van der Waals surface area contributed by atoms with Gasteiger partial charge in [0.1, 0.15) is 5.75 Å². The molecule has 0 unspecified atom stereocenters. The predicted molar refractivity (Wildman–Crippen MR) is 100 cm³/mol. The zero-order valence-corrected chi connectivity index (χ0v) is 14.8. The van der Waals surface area contributed by atoms with Crippen LogP contribution in [-0.2, 0) is 4.79 Å². The van der Waals surface area contributed by atoms with Gasteiger partial charge in [0.25, 0.3) is 11.1 Å². The summed E-state index contributed by atoms with van der Waals surface area (Å²) in [6.45, 7) is 2.09. The number of ether oxygens (including phenoxy) is 1. The van der Waals surface area contributed by atoms with Crippen LogP contribution in [0.5, 0.6) is 5.75 Å². The average Bonchev–Trinajstić information content (AvgIpc) is 2.89. The summed E-state index contributed by atoms with van der Waals surface area (Å²) in [5, 5.41) is 2.79. The molecule has 6 heteroatoms. The number of nitrogens with zero attached hydrogens (tertiary/aromatic N) is 1. The van der Waals surface area contributed by atoms with Crippen molar-refractivity contribution in [3.8, 4) is 5.75 Å². The number of methoxy groups -OCH3 is 1. The van der Waals surface area contributed by atoms with Gasteiger partial charge in [-0.3, -0.25) is 14.5 Å². The first-order valence-corrected chi connectivity index (χ1v) is 8.59. The summed E-state index contributed by atoms with van der Waals surface area (Å²) in [6, 6.07) is 15.2. The van der Waals surface area contributed by atoms with Crippen LogP contribution >= 0.6 is 11.8 Å². The Morgan fingerprint density at radius 3 is 2.56 bits per heavy atom. The largest absolute Gasteiger partial charge is 0.495 e. The average molecular weight is 354 g/mol. The molecule has 25 heavy (non-hydrogen) atoms. The Morgan fingerprint density at radius 2 is 1.84 bits per heavy atom. The standard InChI is InChI=1S/C19H18N2O3S/c1-13-7-9-14(10-8-13)11-17-18(22)21(19(23)25-17)12-20-15-5-3-4-6-16(15)24-2/h3-11,20H,12H2,1-2H3/b17-11+. The summed E-state index contributed by atoms with van der Waals surface area (Å²) >= 11 is 0.953. The lowest BCUT2D eigenvalue weighted by molar-refractivity contribution is -0.122. The molecule has 1 heterocycles. The number of carbonyl (C=O) groups is 2. The van der Waals surface area contributed by atoms with E-state index < -0.39 is 0 Å². The highest BCUT2D eigenvalue weighted by atomic mass is 32.2. The summed E-state index contributed by atoms with van der Waals surface area (Å²) in [4.78, 5) is 26.3. The van der Waals surface area contributed by atoms with Crippen molar-refractivity contribution in [2.45, 2.75) is 6.92 Å². The fraction of sp³-hybridized carbons (Fsp3) is 0.158. The number of aryl methyl sites for hydroxylation is 1. The molecule has 2 aromatic carbocycles. The molecule has 1 saturated heterocycles. The molecular formula is C19H18N2O3S. The number of anilines is 1. The first-order chi connectivity index (χ1) is 12.1. The Balaban J connectivity index is 1.72. The van der Waals surface area contributed by atoms with E-state index >= 15 is 0 Å². The highest BCUT2D eigenvalue weighted by Gasteiger charge is 2.34. The SMILES string of the molecule is COc1ccccc1NCN1C(=O)S/C(=C/c2ccc(C)cc2)C1=O. The van der Waals surface area contributed by atoms with Crippen molar-refractivity contribution in [1.82, 2.24) is 4.90 Å². The van der Waals surface area contributed by atoms with Crippen LogP contribution in [0.3, 0.4) is 0 Å². The van der Waals surface area contributed by atoms with Crippen LogP contribution < -0.4 is 10.1 Å². The minimum absolute atomic E-state index is 0.0935. The number of nitrogens with one attached hydrogen (secondary N) is 1. The van der Waals surface area contributed by atoms with Gasteiger partial charge in [0, 0.05) is 0 Å². The summed E-state index contributed by atoms with van der Waals surface area (Å²) in [7, 11) is 1.57. The van der Waals surface area contributed by atoms with Gasteiger partial charge >= 0.3 is 0 Å². The van der Waals surface area contributed by atoms with E-state index in [2.05, 4.69) is 5.32 Å². The number of rotatable bonds is 5. The van der Waals surface area contributed by atoms with Gasteiger partial charge in [-0.2, -0.15) is 0 Å². The third-order valence-corrected chi connectivity index (χ3v) is 4.69. The minimum atomic E-state index is -0.294. The van der Waals surface area contributed by atoms with Crippen LogP contribution in [0, 0.1) is 6.92 Å². The molecule has 0 atom stereocenters. The molecule has 0 saturated carbocycles. The van der Waals surface area contributed by atoms with Crippen LogP contribution in [-0.4, -0.2) is 29.8 Å². The molecule has 0 aromatic heterocycles. The monoisotopic (exact) mass is 354 g/mol. The smallest absolute Gasteiger partial charge is 0.295 e. The number of thioether (sulfide) groups is 1. The first kappa shape index (κ1) is 17.1. The molecular weight excluding hydrogens is 336 g/mol. The predicted octanol–water partition coefficient (Wildman–Crippen LogP) is 4.11. The highest BCUT2D eigenvalue weighted by molar-refractivity contribution is 8.18. The lowest BCUT2D eigenvalue weighted by atomic mass is 10.1. The van der Waals surface area contributed by atoms with Crippen LogP contribution in [0.15, 0.2) is 53.4 Å². The number of benzene rings is 2. The Labute approximate surface area is 150 Å². The number of hydrogen-bond acceptors (Lipinski definition) is 5. The number of para-hydroxylation sites is 2. The lowest BCUT2D eigenvalue weighted by Gasteiger charge is -2.16. The van der Waals surface area contributed by atoms with Gasteiger partial charge in [-0.15, -0.1) is 0 Å². The maximum Gasteiger partial charge on any atom is 0.295 e. The second-order valence-electron chi connectivity index (χ2n) is 5.56. The summed E-state index contributed by atoms with van der Waals surface area (Å²) in [5.74, 6) is 0.364. The quantitative estimate of drug-likeness (QED) is 0.819. The van der Waals surface area contributed by atoms with Crippen molar-refractivity contribution in [2.75, 3.05) is 19.1 Å². The first-order valence-electron chi connectivity index (χ1n) is 7.77. The van der Waals surface area contributed by atoms with Crippen LogP contribution in [0.2, 0.25) is 0 Å². The Morgan fingerprint density at radius 1 is 1.12 bits per heavy atom. The molecule has 1 fully saturated rings. The fourth-order valence-electron chi connectivity index (χ4n) is 2.41. The van der Waals surface area contributed by atoms with E-state index in [-0.39, 0.29) is 17.8 Å². The zero-order chi connectivity index (χ0) is 17.8. The topological polar surface area (TPSA) is 58.6 Å². The summed E-state index contributed by atoms with van der Waals surface area (Å²) < 4.78 is 5.26. The van der Waals surface area contributed by atoms with Gasteiger partial charge < -0.3 is 10.1 Å². The lowest BCUT2D eigenvalue weighted by Crippen LogP contribution is -2.33. The summed E-state index contributed by atoms with van der Waals surface area (Å²) in [6.07, 6.45) is 1.74. The van der Waals surface area contributed by atoms with Crippen molar-refractivity contribution in [3.05, 3.63) is 64.6 Å². The van der Waals surface area contributed by atoms with E-state index in [1.165, 1.54) is 4.90 Å². The van der Waals surface area contributed by atoms with Gasteiger partial charge in [-0.1, -0.05) is 42.0 Å². The molecule has 5 nitrogen and oxygen atoms in total. The van der Waals surface area contributed by atoms with Gasteiger partial charge in [0.15, 0.2) is 0 Å². The molecule has 2 aromatic rings. The van der Waals surface area contributed by atoms with E-state index in [0.29, 0.717) is 10.7 Å². The zero-order valence-electron chi connectivity index (χ0n) is 14.0. The van der Waals surface area contributed by atoms with Gasteiger partial charge in [-0.05, 0) is 42.5 Å². The molecule has 128 valence electrons. The van der Waals surface area contributed by atoms with E-state index in [0.717, 1.165) is 28.6 Å². The van der Waals surface area contributed by atoms with Gasteiger partial charge in [0.2, 0.25) is 0 Å². The number of hydrogen-bond donors (Lipinski definition) is 1. The van der Waals surface area contributed by atoms with E-state index in [9.17, 15) is 9.59 Å². The van der Waals surface area contributed by atoms with Crippen LogP contribution in [0.4, 0.5) is 10.5 Å². The van der Waals surface area contributed by atoms with Crippen molar-refractivity contribution in [3.63, 3.8) is 0 Å². The van der Waals surface area contributed by atoms with Crippen molar-refractivity contribution in [2.24, 2.45) is 0 Å². The third kappa shape index (κ3) is 3.85. The Hall–Kier alpha value is -2.73. The number of carbonyl (C=O) groups excluding carboxylic acids is 2. The molecule has 0 spiro atoms.